The Bertz CT molecular complexity index is 995. The van der Waals surface area contributed by atoms with E-state index in [4.69, 9.17) is 5.11 Å². The molecule has 4 nitrogen and oxygen atoms in total. The zero-order valence-corrected chi connectivity index (χ0v) is 14.7. The van der Waals surface area contributed by atoms with Gasteiger partial charge in [0.1, 0.15) is 0 Å². The fourth-order valence-electron chi connectivity index (χ4n) is 2.50. The molecule has 1 amide bonds. The second-order valence-corrected chi connectivity index (χ2v) is 6.16. The van der Waals surface area contributed by atoms with Crippen LogP contribution in [0, 0.1) is 0 Å². The number of fused-ring (bicyclic) bond motifs is 1. The van der Waals surface area contributed by atoms with E-state index < -0.39 is 11.9 Å². The fraction of sp³-hybridized carbons (Fsp3) is 0. The maximum Gasteiger partial charge on any atom is 0.337 e. The third-order valence-electron chi connectivity index (χ3n) is 3.72. The van der Waals surface area contributed by atoms with Crippen molar-refractivity contribution in [2.75, 3.05) is 5.32 Å². The Morgan fingerprint density at radius 2 is 1.68 bits per heavy atom. The monoisotopic (exact) mass is 395 g/mol. The lowest BCUT2D eigenvalue weighted by molar-refractivity contribution is -0.111. The average molecular weight is 396 g/mol. The van der Waals surface area contributed by atoms with Crippen LogP contribution >= 0.6 is 15.9 Å². The Balaban J connectivity index is 1.82. The van der Waals surface area contributed by atoms with Gasteiger partial charge in [-0.15, -0.1) is 0 Å². The van der Waals surface area contributed by atoms with Crippen molar-refractivity contribution in [2.45, 2.75) is 0 Å². The first-order valence-corrected chi connectivity index (χ1v) is 8.34. The van der Waals surface area contributed by atoms with Gasteiger partial charge in [-0.1, -0.05) is 48.5 Å². The number of carboxylic acids is 1. The number of halogens is 1. The molecule has 0 radical (unpaired) electrons. The molecule has 0 unspecified atom stereocenters. The molecule has 0 bridgehead atoms. The van der Waals surface area contributed by atoms with Crippen molar-refractivity contribution in [3.63, 3.8) is 0 Å². The molecule has 0 atom stereocenters. The third kappa shape index (κ3) is 3.78. The highest BCUT2D eigenvalue weighted by Crippen LogP contribution is 2.28. The second kappa shape index (κ2) is 7.32. The fourth-order valence-corrected chi connectivity index (χ4v) is 3.12. The Kier molecular flexibility index (Phi) is 4.95. The number of benzene rings is 3. The molecule has 5 heteroatoms. The van der Waals surface area contributed by atoms with E-state index in [1.165, 1.54) is 12.1 Å². The molecule has 3 aromatic rings. The van der Waals surface area contributed by atoms with Crippen molar-refractivity contribution in [3.05, 3.63) is 82.3 Å². The van der Waals surface area contributed by atoms with Crippen LogP contribution in [-0.4, -0.2) is 17.0 Å². The molecule has 0 fully saturated rings. The molecule has 0 aliphatic carbocycles. The highest BCUT2D eigenvalue weighted by molar-refractivity contribution is 9.10. The molecule has 3 rings (SSSR count). The molecule has 25 heavy (non-hydrogen) atoms. The van der Waals surface area contributed by atoms with Crippen molar-refractivity contribution < 1.29 is 14.7 Å². The van der Waals surface area contributed by atoms with Crippen molar-refractivity contribution >= 4 is 50.3 Å². The first-order valence-electron chi connectivity index (χ1n) is 7.55. The van der Waals surface area contributed by atoms with Crippen LogP contribution in [0.1, 0.15) is 15.9 Å². The summed E-state index contributed by atoms with van der Waals surface area (Å²) in [5, 5.41) is 13.9. The summed E-state index contributed by atoms with van der Waals surface area (Å²) >= 11 is 3.57. The van der Waals surface area contributed by atoms with Gasteiger partial charge in [0.2, 0.25) is 5.91 Å². The number of nitrogens with one attached hydrogen (secondary N) is 1. The van der Waals surface area contributed by atoms with Gasteiger partial charge < -0.3 is 10.4 Å². The Morgan fingerprint density at radius 1 is 0.960 bits per heavy atom. The zero-order valence-electron chi connectivity index (χ0n) is 13.1. The normalized spacial score (nSPS) is 10.9. The minimum Gasteiger partial charge on any atom is -0.478 e. The molecule has 0 heterocycles. The van der Waals surface area contributed by atoms with E-state index in [-0.39, 0.29) is 11.3 Å². The standard InChI is InChI=1S/C20H14BrNO3/c21-19-14(10-9-13-5-1-2-6-15(13)19)11-12-18(23)22-17-8-4-3-7-16(17)20(24)25/h1-12H,(H,22,23)(H,24,25)/b12-11+. The van der Waals surface area contributed by atoms with E-state index in [1.54, 1.807) is 24.3 Å². The Labute approximate surface area is 152 Å². The molecular formula is C20H14BrNO3. The maximum absolute atomic E-state index is 12.1. The first kappa shape index (κ1) is 16.9. The van der Waals surface area contributed by atoms with Crippen LogP contribution in [0.15, 0.2) is 71.2 Å². The van der Waals surface area contributed by atoms with Crippen LogP contribution in [0.4, 0.5) is 5.69 Å². The topological polar surface area (TPSA) is 66.4 Å². The lowest BCUT2D eigenvalue weighted by atomic mass is 10.1. The number of carboxylic acid groups (broad SMARTS) is 1. The SMILES string of the molecule is O=C(/C=C/c1ccc2ccccc2c1Br)Nc1ccccc1C(=O)O. The molecule has 0 aliphatic heterocycles. The largest absolute Gasteiger partial charge is 0.478 e. The second-order valence-electron chi connectivity index (χ2n) is 5.36. The first-order chi connectivity index (χ1) is 12.1. The summed E-state index contributed by atoms with van der Waals surface area (Å²) in [5.74, 6) is -1.48. The molecular weight excluding hydrogens is 382 g/mol. The zero-order chi connectivity index (χ0) is 17.8. The van der Waals surface area contributed by atoms with Crippen LogP contribution in [0.2, 0.25) is 0 Å². The maximum atomic E-state index is 12.1. The summed E-state index contributed by atoms with van der Waals surface area (Å²) in [6.07, 6.45) is 3.07. The lowest BCUT2D eigenvalue weighted by Gasteiger charge is -2.06. The quantitative estimate of drug-likeness (QED) is 0.613. The van der Waals surface area contributed by atoms with Crippen LogP contribution in [-0.2, 0) is 4.79 Å². The van der Waals surface area contributed by atoms with Crippen molar-refractivity contribution in [2.24, 2.45) is 0 Å². The van der Waals surface area contributed by atoms with E-state index in [9.17, 15) is 9.59 Å². The number of rotatable bonds is 4. The van der Waals surface area contributed by atoms with Gasteiger partial charge in [-0.05, 0) is 50.5 Å². The van der Waals surface area contributed by atoms with Gasteiger partial charge >= 0.3 is 5.97 Å². The van der Waals surface area contributed by atoms with Gasteiger partial charge in [0.15, 0.2) is 0 Å². The van der Waals surface area contributed by atoms with Crippen LogP contribution < -0.4 is 5.32 Å². The lowest BCUT2D eigenvalue weighted by Crippen LogP contribution is -2.11. The van der Waals surface area contributed by atoms with E-state index in [1.807, 2.05) is 36.4 Å². The van der Waals surface area contributed by atoms with Crippen molar-refractivity contribution in [3.8, 4) is 0 Å². The van der Waals surface area contributed by atoms with Crippen LogP contribution in [0.25, 0.3) is 16.8 Å². The molecule has 0 aromatic heterocycles. The molecule has 0 spiro atoms. The number of carbonyl (C=O) groups excluding carboxylic acids is 1. The van der Waals surface area contributed by atoms with Gasteiger partial charge in [0.25, 0.3) is 0 Å². The predicted octanol–water partition coefficient (Wildman–Crippen LogP) is 4.95. The molecule has 3 aromatic carbocycles. The van der Waals surface area contributed by atoms with Gasteiger partial charge in [0.05, 0.1) is 11.3 Å². The van der Waals surface area contributed by atoms with Gasteiger partial charge in [0, 0.05) is 10.5 Å². The minimum absolute atomic E-state index is 0.0520. The Morgan fingerprint density at radius 3 is 2.48 bits per heavy atom. The number of hydrogen-bond donors (Lipinski definition) is 2. The summed E-state index contributed by atoms with van der Waals surface area (Å²) < 4.78 is 0.903. The van der Waals surface area contributed by atoms with Crippen LogP contribution in [0.5, 0.6) is 0 Å². The highest BCUT2D eigenvalue weighted by Gasteiger charge is 2.10. The van der Waals surface area contributed by atoms with Crippen molar-refractivity contribution in [1.82, 2.24) is 0 Å². The van der Waals surface area contributed by atoms with Gasteiger partial charge in [-0.25, -0.2) is 4.79 Å². The summed E-state index contributed by atoms with van der Waals surface area (Å²) in [5.41, 5.74) is 1.18. The van der Waals surface area contributed by atoms with E-state index in [0.717, 1.165) is 20.8 Å². The summed E-state index contributed by atoms with van der Waals surface area (Å²) in [4.78, 5) is 23.3. The van der Waals surface area contributed by atoms with Crippen molar-refractivity contribution in [1.29, 1.82) is 0 Å². The summed E-state index contributed by atoms with van der Waals surface area (Å²) in [6, 6.07) is 18.1. The number of aromatic carboxylic acids is 1. The molecule has 124 valence electrons. The average Bonchev–Trinajstić information content (AvgIpc) is 2.61. The Hall–Kier alpha value is -2.92. The van der Waals surface area contributed by atoms with Crippen LogP contribution in [0.3, 0.4) is 0 Å². The molecule has 0 saturated carbocycles. The van der Waals surface area contributed by atoms with E-state index >= 15 is 0 Å². The van der Waals surface area contributed by atoms with E-state index in [0.29, 0.717) is 0 Å². The number of anilines is 1. The van der Waals surface area contributed by atoms with E-state index in [2.05, 4.69) is 21.2 Å². The summed E-state index contributed by atoms with van der Waals surface area (Å²) in [7, 11) is 0. The number of carbonyl (C=O) groups is 2. The number of hydrogen-bond acceptors (Lipinski definition) is 2. The van der Waals surface area contributed by atoms with Gasteiger partial charge in [-0.3, -0.25) is 4.79 Å². The smallest absolute Gasteiger partial charge is 0.337 e. The number of amides is 1. The van der Waals surface area contributed by atoms with Gasteiger partial charge in [-0.2, -0.15) is 0 Å². The predicted molar refractivity (Wildman–Crippen MR) is 103 cm³/mol. The molecule has 0 saturated heterocycles. The minimum atomic E-state index is -1.09. The molecule has 2 N–H and O–H groups in total. The number of para-hydroxylation sites is 1. The summed E-state index contributed by atoms with van der Waals surface area (Å²) in [6.45, 7) is 0. The third-order valence-corrected chi connectivity index (χ3v) is 4.61. The highest BCUT2D eigenvalue weighted by atomic mass is 79.9. The molecule has 0 aliphatic rings.